The van der Waals surface area contributed by atoms with Crippen LogP contribution < -0.4 is 5.32 Å². The van der Waals surface area contributed by atoms with E-state index in [9.17, 15) is 4.79 Å². The quantitative estimate of drug-likeness (QED) is 0.499. The molecule has 1 atom stereocenters. The van der Waals surface area contributed by atoms with Crippen LogP contribution in [0.5, 0.6) is 0 Å². The van der Waals surface area contributed by atoms with Crippen molar-refractivity contribution < 1.29 is 9.53 Å². The minimum absolute atomic E-state index is 0.273. The number of hydrogen-bond donors (Lipinski definition) is 2. The standard InChI is InChI=1S/C17H25N3O2/c1-3-7-16(14(2)12-20-18)10-11-19-17(21)22-13-15-8-5-4-6-9-15/h4-6,8-9,16,18H,2-3,7,10-13H2,1H3,(H,19,21). The van der Waals surface area contributed by atoms with Gasteiger partial charge in [0.05, 0.1) is 6.54 Å². The molecule has 0 radical (unpaired) electrons. The first kappa shape index (κ1) is 17.9. The maximum absolute atomic E-state index is 11.6. The summed E-state index contributed by atoms with van der Waals surface area (Å²) >= 11 is 0. The van der Waals surface area contributed by atoms with E-state index in [4.69, 9.17) is 10.3 Å². The Morgan fingerprint density at radius 3 is 2.73 bits per heavy atom. The predicted octanol–water partition coefficient (Wildman–Crippen LogP) is 4.31. The number of carbonyl (C=O) groups is 1. The highest BCUT2D eigenvalue weighted by Crippen LogP contribution is 2.19. The average molecular weight is 303 g/mol. The van der Waals surface area contributed by atoms with Gasteiger partial charge in [0.15, 0.2) is 0 Å². The third-order valence-electron chi connectivity index (χ3n) is 3.47. The number of nitrogens with one attached hydrogen (secondary N) is 2. The molecule has 1 rings (SSSR count). The first-order valence-electron chi connectivity index (χ1n) is 7.62. The zero-order chi connectivity index (χ0) is 16.2. The van der Waals surface area contributed by atoms with E-state index >= 15 is 0 Å². The molecule has 0 bridgehead atoms. The molecule has 1 aromatic carbocycles. The van der Waals surface area contributed by atoms with Gasteiger partial charge in [-0.2, -0.15) is 5.11 Å². The second kappa shape index (κ2) is 10.5. The molecule has 120 valence electrons. The third kappa shape index (κ3) is 7.02. The van der Waals surface area contributed by atoms with Gasteiger partial charge in [-0.15, -0.1) is 0 Å². The SMILES string of the molecule is C=C(CN=N)C(CCC)CCNC(=O)OCc1ccccc1. The Morgan fingerprint density at radius 2 is 2.09 bits per heavy atom. The Morgan fingerprint density at radius 1 is 1.36 bits per heavy atom. The number of ether oxygens (including phenoxy) is 1. The van der Waals surface area contributed by atoms with Gasteiger partial charge in [0.2, 0.25) is 0 Å². The number of alkyl carbamates (subject to hydrolysis) is 1. The molecular weight excluding hydrogens is 278 g/mol. The van der Waals surface area contributed by atoms with Gasteiger partial charge in [0, 0.05) is 6.54 Å². The molecule has 0 saturated heterocycles. The highest BCUT2D eigenvalue weighted by atomic mass is 16.5. The van der Waals surface area contributed by atoms with E-state index in [1.165, 1.54) is 0 Å². The van der Waals surface area contributed by atoms with Gasteiger partial charge in [0.1, 0.15) is 6.61 Å². The number of nitrogens with zero attached hydrogens (tertiary/aromatic N) is 1. The summed E-state index contributed by atoms with van der Waals surface area (Å²) in [6.45, 7) is 7.26. The van der Waals surface area contributed by atoms with Crippen LogP contribution in [0, 0.1) is 11.4 Å². The lowest BCUT2D eigenvalue weighted by molar-refractivity contribution is 0.139. The van der Waals surface area contributed by atoms with Crippen molar-refractivity contribution in [3.8, 4) is 0 Å². The van der Waals surface area contributed by atoms with E-state index in [-0.39, 0.29) is 12.5 Å². The molecule has 0 spiro atoms. The van der Waals surface area contributed by atoms with E-state index < -0.39 is 6.09 Å². The lowest BCUT2D eigenvalue weighted by Gasteiger charge is -2.17. The fraction of sp³-hybridized carbons (Fsp3) is 0.471. The Balaban J connectivity index is 2.27. The minimum Gasteiger partial charge on any atom is -0.445 e. The fourth-order valence-corrected chi connectivity index (χ4v) is 2.25. The van der Waals surface area contributed by atoms with Crippen LogP contribution in [0.2, 0.25) is 0 Å². The van der Waals surface area contributed by atoms with Crippen molar-refractivity contribution >= 4 is 6.09 Å². The summed E-state index contributed by atoms with van der Waals surface area (Å²) in [4.78, 5) is 11.6. The Bertz CT molecular complexity index is 474. The molecule has 2 N–H and O–H groups in total. The van der Waals surface area contributed by atoms with E-state index in [1.54, 1.807) is 0 Å². The summed E-state index contributed by atoms with van der Waals surface area (Å²) in [5, 5.41) is 6.14. The van der Waals surface area contributed by atoms with E-state index in [0.29, 0.717) is 13.1 Å². The first-order valence-corrected chi connectivity index (χ1v) is 7.62. The highest BCUT2D eigenvalue weighted by molar-refractivity contribution is 5.67. The number of amides is 1. The van der Waals surface area contributed by atoms with Crippen molar-refractivity contribution in [1.29, 1.82) is 5.53 Å². The van der Waals surface area contributed by atoms with Gasteiger partial charge in [0.25, 0.3) is 0 Å². The molecule has 5 heteroatoms. The number of carbonyl (C=O) groups excluding carboxylic acids is 1. The highest BCUT2D eigenvalue weighted by Gasteiger charge is 2.12. The van der Waals surface area contributed by atoms with Crippen LogP contribution in [-0.4, -0.2) is 19.2 Å². The zero-order valence-electron chi connectivity index (χ0n) is 13.2. The summed E-state index contributed by atoms with van der Waals surface area (Å²) < 4.78 is 5.16. The fourth-order valence-electron chi connectivity index (χ4n) is 2.25. The smallest absolute Gasteiger partial charge is 0.407 e. The summed E-state index contributed by atoms with van der Waals surface area (Å²) in [6.07, 6.45) is 2.42. The Hall–Kier alpha value is -2.17. The van der Waals surface area contributed by atoms with Gasteiger partial charge in [-0.3, -0.25) is 0 Å². The van der Waals surface area contributed by atoms with Crippen molar-refractivity contribution in [2.75, 3.05) is 13.1 Å². The topological polar surface area (TPSA) is 74.5 Å². The van der Waals surface area contributed by atoms with Crippen LogP contribution in [0.1, 0.15) is 31.7 Å². The molecule has 0 aliphatic heterocycles. The van der Waals surface area contributed by atoms with Crippen molar-refractivity contribution in [1.82, 2.24) is 5.32 Å². The summed E-state index contributed by atoms with van der Waals surface area (Å²) in [5.74, 6) is 0.286. The normalized spacial score (nSPS) is 11.5. The summed E-state index contributed by atoms with van der Waals surface area (Å²) in [6, 6.07) is 9.58. The van der Waals surface area contributed by atoms with E-state index in [2.05, 4.69) is 23.9 Å². The van der Waals surface area contributed by atoms with Crippen molar-refractivity contribution in [2.24, 2.45) is 11.0 Å². The van der Waals surface area contributed by atoms with Crippen LogP contribution in [0.25, 0.3) is 0 Å². The molecule has 1 aromatic rings. The molecule has 1 amide bonds. The predicted molar refractivity (Wildman–Crippen MR) is 86.8 cm³/mol. The summed E-state index contributed by atoms with van der Waals surface area (Å²) in [7, 11) is 0. The molecule has 0 fully saturated rings. The third-order valence-corrected chi connectivity index (χ3v) is 3.47. The van der Waals surface area contributed by atoms with Crippen LogP contribution in [0.3, 0.4) is 0 Å². The van der Waals surface area contributed by atoms with E-state index in [0.717, 1.165) is 30.4 Å². The lowest BCUT2D eigenvalue weighted by Crippen LogP contribution is -2.27. The zero-order valence-corrected chi connectivity index (χ0v) is 13.2. The van der Waals surface area contributed by atoms with Crippen molar-refractivity contribution in [3.63, 3.8) is 0 Å². The lowest BCUT2D eigenvalue weighted by atomic mass is 9.92. The van der Waals surface area contributed by atoms with Gasteiger partial charge < -0.3 is 10.1 Å². The molecule has 0 aliphatic carbocycles. The van der Waals surface area contributed by atoms with Crippen LogP contribution >= 0.6 is 0 Å². The molecule has 5 nitrogen and oxygen atoms in total. The maximum Gasteiger partial charge on any atom is 0.407 e. The van der Waals surface area contributed by atoms with Gasteiger partial charge in [-0.05, 0) is 24.3 Å². The second-order valence-electron chi connectivity index (χ2n) is 5.24. The Kier molecular flexibility index (Phi) is 8.57. The largest absolute Gasteiger partial charge is 0.445 e. The number of hydrogen-bond acceptors (Lipinski definition) is 4. The van der Waals surface area contributed by atoms with Crippen molar-refractivity contribution in [2.45, 2.75) is 32.8 Å². The van der Waals surface area contributed by atoms with Crippen LogP contribution in [0.4, 0.5) is 4.79 Å². The van der Waals surface area contributed by atoms with E-state index in [1.807, 2.05) is 30.3 Å². The first-order chi connectivity index (χ1) is 10.7. The molecule has 0 saturated carbocycles. The maximum atomic E-state index is 11.6. The second-order valence-corrected chi connectivity index (χ2v) is 5.24. The molecule has 0 aromatic heterocycles. The molecule has 0 aliphatic rings. The average Bonchev–Trinajstić information content (AvgIpc) is 2.53. The van der Waals surface area contributed by atoms with Gasteiger partial charge in [-0.25, -0.2) is 10.3 Å². The Labute approximate surface area is 132 Å². The van der Waals surface area contributed by atoms with Gasteiger partial charge >= 0.3 is 6.09 Å². The molecular formula is C17H25N3O2. The monoisotopic (exact) mass is 303 g/mol. The van der Waals surface area contributed by atoms with Crippen LogP contribution in [-0.2, 0) is 11.3 Å². The summed E-state index contributed by atoms with van der Waals surface area (Å²) in [5.41, 5.74) is 8.83. The van der Waals surface area contributed by atoms with Crippen molar-refractivity contribution in [3.05, 3.63) is 48.0 Å². The van der Waals surface area contributed by atoms with Crippen LogP contribution in [0.15, 0.2) is 47.6 Å². The number of benzene rings is 1. The molecule has 22 heavy (non-hydrogen) atoms. The molecule has 0 heterocycles. The minimum atomic E-state index is -0.408. The number of rotatable bonds is 10. The van der Waals surface area contributed by atoms with Gasteiger partial charge in [-0.1, -0.05) is 55.8 Å². The molecule has 1 unspecified atom stereocenters.